The summed E-state index contributed by atoms with van der Waals surface area (Å²) in [5.41, 5.74) is 8.62. The lowest BCUT2D eigenvalue weighted by molar-refractivity contribution is 0.111. The van der Waals surface area contributed by atoms with E-state index in [-0.39, 0.29) is 12.1 Å². The van der Waals surface area contributed by atoms with E-state index in [1.165, 1.54) is 0 Å². The predicted octanol–water partition coefficient (Wildman–Crippen LogP) is 5.20. The van der Waals surface area contributed by atoms with Crippen LogP contribution in [-0.2, 0) is 4.43 Å². The summed E-state index contributed by atoms with van der Waals surface area (Å²) in [5, 5.41) is 21.8. The Kier molecular flexibility index (Phi) is 8.25. The van der Waals surface area contributed by atoms with Crippen LogP contribution in [0.4, 0.5) is 16.2 Å². The SMILES string of the molecule is CC(C)[Si](O[C@@H]1CN(c2cc(C#N)cc(N)c2Cl)CC[C@H]1NC(=O)O)(C(C)C)C(C)C. The number of carbonyl (C=O) groups is 1. The van der Waals surface area contributed by atoms with Gasteiger partial charge >= 0.3 is 6.09 Å². The van der Waals surface area contributed by atoms with E-state index in [4.69, 9.17) is 21.8 Å². The number of nitrogens with one attached hydrogen (secondary N) is 1. The molecule has 0 radical (unpaired) electrons. The summed E-state index contributed by atoms with van der Waals surface area (Å²) in [7, 11) is -2.25. The van der Waals surface area contributed by atoms with Gasteiger partial charge in [-0.05, 0) is 35.2 Å². The molecule has 0 aromatic heterocycles. The molecule has 1 fully saturated rings. The summed E-state index contributed by atoms with van der Waals surface area (Å²) in [6.45, 7) is 14.3. The summed E-state index contributed by atoms with van der Waals surface area (Å²) in [6.07, 6.45) is -0.804. The molecule has 1 aromatic rings. The Bertz CT molecular complexity index is 819. The Balaban J connectivity index is 2.45. The van der Waals surface area contributed by atoms with Crippen molar-refractivity contribution < 1.29 is 14.3 Å². The number of nitrogens with zero attached hydrogens (tertiary/aromatic N) is 2. The van der Waals surface area contributed by atoms with Crippen LogP contribution in [0.15, 0.2) is 12.1 Å². The van der Waals surface area contributed by atoms with Gasteiger partial charge in [-0.2, -0.15) is 5.26 Å². The van der Waals surface area contributed by atoms with Gasteiger partial charge in [-0.15, -0.1) is 0 Å². The zero-order valence-corrected chi connectivity index (χ0v) is 21.0. The lowest BCUT2D eigenvalue weighted by atomic mass is 10.0. The maximum atomic E-state index is 11.5. The second kappa shape index (κ2) is 10.1. The standard InChI is InChI=1S/C22H35ClN4O3Si/c1-13(2)31(14(3)4,15(5)6)30-20-12-27(8-7-18(20)26-22(28)29)19-10-16(11-24)9-17(25)21(19)23/h9-10,13-15,18,20,26H,7-8,12,25H2,1-6H3,(H,28,29)/t18-,20-/m1/s1. The Morgan fingerprint density at radius 3 is 2.35 bits per heavy atom. The highest BCUT2D eigenvalue weighted by atomic mass is 35.5. The summed E-state index contributed by atoms with van der Waals surface area (Å²) in [5.74, 6) is 0. The molecule has 1 aliphatic rings. The first-order chi connectivity index (χ1) is 14.4. The van der Waals surface area contributed by atoms with Crippen molar-refractivity contribution in [3.05, 3.63) is 22.7 Å². The third-order valence-electron chi connectivity index (χ3n) is 6.48. The van der Waals surface area contributed by atoms with E-state index in [1.807, 2.05) is 0 Å². The highest BCUT2D eigenvalue weighted by Gasteiger charge is 2.48. The predicted molar refractivity (Wildman–Crippen MR) is 128 cm³/mol. The molecular formula is C22H35ClN4O3Si. The van der Waals surface area contributed by atoms with Crippen LogP contribution in [-0.4, -0.2) is 44.8 Å². The fourth-order valence-corrected chi connectivity index (χ4v) is 11.0. The van der Waals surface area contributed by atoms with E-state index in [9.17, 15) is 15.2 Å². The minimum atomic E-state index is -2.25. The quantitative estimate of drug-likeness (QED) is 0.376. The average Bonchev–Trinajstić information content (AvgIpc) is 2.67. The summed E-state index contributed by atoms with van der Waals surface area (Å²) >= 11 is 6.49. The van der Waals surface area contributed by atoms with Crippen LogP contribution >= 0.6 is 11.6 Å². The lowest BCUT2D eigenvalue weighted by Gasteiger charge is -2.49. The van der Waals surface area contributed by atoms with Crippen molar-refractivity contribution >= 4 is 37.4 Å². The van der Waals surface area contributed by atoms with E-state index in [1.54, 1.807) is 12.1 Å². The van der Waals surface area contributed by atoms with E-state index in [0.29, 0.717) is 58.1 Å². The van der Waals surface area contributed by atoms with Crippen molar-refractivity contribution in [3.63, 3.8) is 0 Å². The number of anilines is 2. The molecule has 1 amide bonds. The zero-order chi connectivity index (χ0) is 23.5. The van der Waals surface area contributed by atoms with Crippen LogP contribution in [0.3, 0.4) is 0 Å². The molecule has 0 spiro atoms. The number of hydrogen-bond donors (Lipinski definition) is 3. The van der Waals surface area contributed by atoms with Crippen molar-refractivity contribution in [1.82, 2.24) is 5.32 Å². The van der Waals surface area contributed by atoms with Crippen molar-refractivity contribution in [2.45, 2.75) is 76.7 Å². The number of carboxylic acid groups (broad SMARTS) is 1. The van der Waals surface area contributed by atoms with Crippen molar-refractivity contribution in [3.8, 4) is 6.07 Å². The first kappa shape index (κ1) is 25.3. The molecule has 2 atom stereocenters. The van der Waals surface area contributed by atoms with Crippen LogP contribution < -0.4 is 16.0 Å². The van der Waals surface area contributed by atoms with Gasteiger partial charge in [-0.1, -0.05) is 53.1 Å². The molecule has 1 heterocycles. The number of halogens is 1. The van der Waals surface area contributed by atoms with Crippen LogP contribution in [0, 0.1) is 11.3 Å². The number of nitrogen functional groups attached to an aromatic ring is 1. The fraction of sp³-hybridized carbons (Fsp3) is 0.636. The zero-order valence-electron chi connectivity index (χ0n) is 19.3. The molecule has 31 heavy (non-hydrogen) atoms. The largest absolute Gasteiger partial charge is 0.465 e. The molecule has 1 saturated heterocycles. The maximum Gasteiger partial charge on any atom is 0.404 e. The van der Waals surface area contributed by atoms with Gasteiger partial charge in [0.15, 0.2) is 0 Å². The van der Waals surface area contributed by atoms with E-state index in [2.05, 4.69) is 57.8 Å². The third-order valence-corrected chi connectivity index (χ3v) is 13.0. The van der Waals surface area contributed by atoms with Crippen LogP contribution in [0.5, 0.6) is 0 Å². The fourth-order valence-electron chi connectivity index (χ4n) is 5.17. The first-order valence-electron chi connectivity index (χ1n) is 10.8. The van der Waals surface area contributed by atoms with Gasteiger partial charge in [-0.25, -0.2) is 4.79 Å². The van der Waals surface area contributed by atoms with Gasteiger partial charge in [0.25, 0.3) is 0 Å². The molecule has 0 bridgehead atoms. The highest BCUT2D eigenvalue weighted by molar-refractivity contribution is 6.77. The number of hydrogen-bond acceptors (Lipinski definition) is 5. The average molecular weight is 467 g/mol. The van der Waals surface area contributed by atoms with E-state index in [0.717, 1.165) is 0 Å². The van der Waals surface area contributed by atoms with Gasteiger partial charge in [0.05, 0.1) is 40.2 Å². The van der Waals surface area contributed by atoms with Gasteiger partial charge < -0.3 is 25.5 Å². The topological polar surface area (TPSA) is 112 Å². The van der Waals surface area contributed by atoms with Crippen molar-refractivity contribution in [2.75, 3.05) is 23.7 Å². The second-order valence-electron chi connectivity index (χ2n) is 9.28. The molecular weight excluding hydrogens is 432 g/mol. The molecule has 4 N–H and O–H groups in total. The van der Waals surface area contributed by atoms with Crippen LogP contribution in [0.25, 0.3) is 0 Å². The Hall–Kier alpha value is -1.95. The lowest BCUT2D eigenvalue weighted by Crippen LogP contribution is -2.61. The van der Waals surface area contributed by atoms with Gasteiger partial charge in [0.1, 0.15) is 0 Å². The van der Waals surface area contributed by atoms with Crippen molar-refractivity contribution in [1.29, 1.82) is 5.26 Å². The molecule has 9 heteroatoms. The number of amides is 1. The van der Waals surface area contributed by atoms with Crippen LogP contribution in [0.1, 0.15) is 53.5 Å². The van der Waals surface area contributed by atoms with Gasteiger partial charge in [-0.3, -0.25) is 0 Å². The Morgan fingerprint density at radius 2 is 1.87 bits per heavy atom. The molecule has 0 aliphatic carbocycles. The van der Waals surface area contributed by atoms with Gasteiger partial charge in [0.2, 0.25) is 8.32 Å². The second-order valence-corrected chi connectivity index (χ2v) is 15.1. The number of rotatable bonds is 7. The summed E-state index contributed by atoms with van der Waals surface area (Å²) in [4.78, 5) is 13.5. The highest BCUT2D eigenvalue weighted by Crippen LogP contribution is 2.44. The number of nitrogens with two attached hydrogens (primary N) is 1. The Labute approximate surface area is 191 Å². The van der Waals surface area contributed by atoms with Gasteiger partial charge in [0, 0.05) is 13.1 Å². The molecule has 1 aromatic carbocycles. The van der Waals surface area contributed by atoms with Crippen LogP contribution in [0.2, 0.25) is 21.6 Å². The summed E-state index contributed by atoms with van der Waals surface area (Å²) < 4.78 is 6.99. The third kappa shape index (κ3) is 5.28. The molecule has 2 rings (SSSR count). The number of piperidine rings is 1. The maximum absolute atomic E-state index is 11.5. The monoisotopic (exact) mass is 466 g/mol. The minimum Gasteiger partial charge on any atom is -0.465 e. The summed E-state index contributed by atoms with van der Waals surface area (Å²) in [6, 6.07) is 5.11. The minimum absolute atomic E-state index is 0.313. The van der Waals surface area contributed by atoms with Crippen molar-refractivity contribution in [2.24, 2.45) is 0 Å². The molecule has 7 nitrogen and oxygen atoms in total. The molecule has 0 unspecified atom stereocenters. The molecule has 172 valence electrons. The molecule has 0 saturated carbocycles. The normalized spacial score (nSPS) is 19.7. The Morgan fingerprint density at radius 1 is 1.29 bits per heavy atom. The van der Waals surface area contributed by atoms with E-state index >= 15 is 0 Å². The first-order valence-corrected chi connectivity index (χ1v) is 13.4. The number of benzene rings is 1. The number of nitriles is 1. The molecule has 1 aliphatic heterocycles. The smallest absolute Gasteiger partial charge is 0.404 e. The van der Waals surface area contributed by atoms with E-state index < -0.39 is 14.4 Å².